The first-order chi connectivity index (χ1) is 6.22. The van der Waals surface area contributed by atoms with E-state index in [0.717, 1.165) is 0 Å². The summed E-state index contributed by atoms with van der Waals surface area (Å²) in [5.41, 5.74) is -0.779. The van der Waals surface area contributed by atoms with Gasteiger partial charge in [-0.05, 0) is 12.8 Å². The topological polar surface area (TPSA) is 65.3 Å². The number of nitriles is 1. The zero-order valence-corrected chi connectivity index (χ0v) is 7.49. The van der Waals surface area contributed by atoms with Crippen LogP contribution < -0.4 is 5.32 Å². The van der Waals surface area contributed by atoms with Crippen LogP contribution in [0, 0.1) is 11.3 Å². The normalized spacial score (nSPS) is 44.0. The molecule has 2 fully saturated rings. The fourth-order valence-corrected chi connectivity index (χ4v) is 2.31. The summed E-state index contributed by atoms with van der Waals surface area (Å²) in [6, 6.07) is 2.50. The first kappa shape index (κ1) is 8.95. The lowest BCUT2D eigenvalue weighted by molar-refractivity contribution is -0.0734. The van der Waals surface area contributed by atoms with Gasteiger partial charge in [0.15, 0.2) is 0 Å². The zero-order valence-electron chi connectivity index (χ0n) is 7.49. The Morgan fingerprint density at radius 1 is 1.46 bits per heavy atom. The molecule has 4 heteroatoms. The Morgan fingerprint density at radius 2 is 2.08 bits per heavy atom. The number of nitrogens with one attached hydrogen (secondary N) is 1. The Balaban J connectivity index is 2.05. The van der Waals surface area contributed by atoms with Crippen molar-refractivity contribution in [2.75, 3.05) is 13.2 Å². The van der Waals surface area contributed by atoms with Crippen molar-refractivity contribution in [1.82, 2.24) is 5.32 Å². The molecule has 0 saturated carbocycles. The third-order valence-corrected chi connectivity index (χ3v) is 2.77. The van der Waals surface area contributed by atoms with E-state index in [1.54, 1.807) is 0 Å². The highest BCUT2D eigenvalue weighted by molar-refractivity contribution is 5.00. The van der Waals surface area contributed by atoms with Gasteiger partial charge >= 0.3 is 0 Å². The molecule has 2 N–H and O–H groups in total. The predicted octanol–water partition coefficient (Wildman–Crippen LogP) is -0.218. The average Bonchev–Trinajstić information content (AvgIpc) is 2.02. The number of fused-ring (bicyclic) bond motifs is 2. The van der Waals surface area contributed by atoms with Crippen LogP contribution in [0.3, 0.4) is 0 Å². The van der Waals surface area contributed by atoms with Crippen molar-refractivity contribution < 1.29 is 9.84 Å². The lowest BCUT2D eigenvalue weighted by Crippen LogP contribution is -2.59. The molecule has 0 aromatic heterocycles. The van der Waals surface area contributed by atoms with E-state index in [1.165, 1.54) is 0 Å². The molecule has 2 aliphatic rings. The standard InChI is InChI=1S/C9H14N2O2/c10-2-1-9(12)3-7-5-13-6-8(4-9)11-7/h7-8,11-12H,1,3-6H2. The summed E-state index contributed by atoms with van der Waals surface area (Å²) < 4.78 is 5.35. The van der Waals surface area contributed by atoms with Gasteiger partial charge in [0.25, 0.3) is 0 Å². The smallest absolute Gasteiger partial charge is 0.0808 e. The Kier molecular flexibility index (Phi) is 2.24. The van der Waals surface area contributed by atoms with Crippen molar-refractivity contribution >= 4 is 0 Å². The number of aliphatic hydroxyl groups is 1. The van der Waals surface area contributed by atoms with Crippen LogP contribution in [-0.2, 0) is 4.74 Å². The third kappa shape index (κ3) is 1.83. The fraction of sp³-hybridized carbons (Fsp3) is 0.889. The van der Waals surface area contributed by atoms with Gasteiger partial charge in [-0.3, -0.25) is 0 Å². The van der Waals surface area contributed by atoms with Crippen LogP contribution in [0.25, 0.3) is 0 Å². The molecule has 2 rings (SSSR count). The summed E-state index contributed by atoms with van der Waals surface area (Å²) in [6.45, 7) is 1.31. The number of piperidine rings is 1. The minimum atomic E-state index is -0.779. The summed E-state index contributed by atoms with van der Waals surface area (Å²) >= 11 is 0. The molecule has 0 radical (unpaired) electrons. The second kappa shape index (κ2) is 3.26. The SMILES string of the molecule is N#CCC1(O)CC2COCC(C1)N2. The molecule has 0 aliphatic carbocycles. The third-order valence-electron chi connectivity index (χ3n) is 2.77. The summed E-state index contributed by atoms with van der Waals surface area (Å²) in [6.07, 6.45) is 1.51. The molecule has 2 saturated heterocycles. The molecule has 0 aromatic rings. The minimum Gasteiger partial charge on any atom is -0.389 e. The van der Waals surface area contributed by atoms with Gasteiger partial charge in [-0.1, -0.05) is 0 Å². The summed E-state index contributed by atoms with van der Waals surface area (Å²) in [5.74, 6) is 0. The summed E-state index contributed by atoms with van der Waals surface area (Å²) in [5, 5.41) is 22.0. The van der Waals surface area contributed by atoms with Gasteiger partial charge in [0.1, 0.15) is 0 Å². The van der Waals surface area contributed by atoms with Crippen LogP contribution in [0.4, 0.5) is 0 Å². The van der Waals surface area contributed by atoms with Gasteiger partial charge in [-0.25, -0.2) is 0 Å². The first-order valence-corrected chi connectivity index (χ1v) is 4.65. The molecule has 2 heterocycles. The summed E-state index contributed by atoms with van der Waals surface area (Å²) in [7, 11) is 0. The number of rotatable bonds is 1. The molecule has 13 heavy (non-hydrogen) atoms. The Labute approximate surface area is 77.5 Å². The van der Waals surface area contributed by atoms with Crippen LogP contribution in [0.2, 0.25) is 0 Å². The minimum absolute atomic E-state index is 0.228. The maximum Gasteiger partial charge on any atom is 0.0808 e. The largest absolute Gasteiger partial charge is 0.389 e. The quantitative estimate of drug-likeness (QED) is 0.588. The van der Waals surface area contributed by atoms with Crippen molar-refractivity contribution in [1.29, 1.82) is 5.26 Å². The highest BCUT2D eigenvalue weighted by atomic mass is 16.5. The molecular weight excluding hydrogens is 168 g/mol. The van der Waals surface area contributed by atoms with E-state index in [9.17, 15) is 5.11 Å². The van der Waals surface area contributed by atoms with Gasteiger partial charge in [-0.2, -0.15) is 5.26 Å². The molecular formula is C9H14N2O2. The van der Waals surface area contributed by atoms with Gasteiger partial charge < -0.3 is 15.2 Å². The molecule has 0 amide bonds. The molecule has 2 aliphatic heterocycles. The molecule has 0 spiro atoms. The van der Waals surface area contributed by atoms with E-state index in [1.807, 2.05) is 6.07 Å². The predicted molar refractivity (Wildman–Crippen MR) is 45.9 cm³/mol. The maximum atomic E-state index is 10.1. The molecule has 2 unspecified atom stereocenters. The zero-order chi connectivity index (χ0) is 9.31. The number of morpholine rings is 1. The van der Waals surface area contributed by atoms with Crippen molar-refractivity contribution in [3.63, 3.8) is 0 Å². The fourth-order valence-electron chi connectivity index (χ4n) is 2.31. The van der Waals surface area contributed by atoms with Gasteiger partial charge in [0, 0.05) is 12.1 Å². The van der Waals surface area contributed by atoms with Crippen molar-refractivity contribution in [2.24, 2.45) is 0 Å². The van der Waals surface area contributed by atoms with Crippen molar-refractivity contribution in [3.05, 3.63) is 0 Å². The molecule has 2 bridgehead atoms. The Bertz CT molecular complexity index is 224. The lowest BCUT2D eigenvalue weighted by atomic mass is 9.81. The van der Waals surface area contributed by atoms with Gasteiger partial charge in [0.2, 0.25) is 0 Å². The monoisotopic (exact) mass is 182 g/mol. The second-order valence-corrected chi connectivity index (χ2v) is 4.07. The van der Waals surface area contributed by atoms with Crippen LogP contribution in [0.5, 0.6) is 0 Å². The maximum absolute atomic E-state index is 10.1. The van der Waals surface area contributed by atoms with Crippen molar-refractivity contribution in [3.8, 4) is 6.07 Å². The Morgan fingerprint density at radius 3 is 2.62 bits per heavy atom. The first-order valence-electron chi connectivity index (χ1n) is 4.65. The van der Waals surface area contributed by atoms with E-state index < -0.39 is 5.60 Å². The van der Waals surface area contributed by atoms with Crippen molar-refractivity contribution in [2.45, 2.75) is 36.9 Å². The van der Waals surface area contributed by atoms with Crippen LogP contribution >= 0.6 is 0 Å². The molecule has 4 nitrogen and oxygen atoms in total. The number of hydrogen-bond donors (Lipinski definition) is 2. The van der Waals surface area contributed by atoms with Crippen LogP contribution in [-0.4, -0.2) is 36.0 Å². The highest BCUT2D eigenvalue weighted by Gasteiger charge is 2.40. The number of ether oxygens (including phenoxy) is 1. The van der Waals surface area contributed by atoms with Gasteiger partial charge in [0.05, 0.1) is 31.3 Å². The van der Waals surface area contributed by atoms with E-state index in [4.69, 9.17) is 10.00 Å². The molecule has 2 atom stereocenters. The lowest BCUT2D eigenvalue weighted by Gasteiger charge is -2.44. The van der Waals surface area contributed by atoms with E-state index in [2.05, 4.69) is 5.32 Å². The van der Waals surface area contributed by atoms with E-state index in [-0.39, 0.29) is 18.5 Å². The van der Waals surface area contributed by atoms with Crippen LogP contribution in [0.15, 0.2) is 0 Å². The number of nitrogens with zero attached hydrogens (tertiary/aromatic N) is 1. The molecule has 72 valence electrons. The summed E-state index contributed by atoms with van der Waals surface area (Å²) in [4.78, 5) is 0. The van der Waals surface area contributed by atoms with Gasteiger partial charge in [-0.15, -0.1) is 0 Å². The Hall–Kier alpha value is -0.630. The second-order valence-electron chi connectivity index (χ2n) is 4.07. The number of hydrogen-bond acceptors (Lipinski definition) is 4. The average molecular weight is 182 g/mol. The van der Waals surface area contributed by atoms with E-state index in [0.29, 0.717) is 26.1 Å². The van der Waals surface area contributed by atoms with Crippen LogP contribution in [0.1, 0.15) is 19.3 Å². The van der Waals surface area contributed by atoms with E-state index >= 15 is 0 Å². The highest BCUT2D eigenvalue weighted by Crippen LogP contribution is 2.30. The molecule has 0 aromatic carbocycles.